The average Bonchev–Trinajstić information content (AvgIpc) is 0.752. The third kappa shape index (κ3) is 35.2. The van der Waals surface area contributed by atoms with Crippen LogP contribution in [0.4, 0.5) is 0 Å². The number of carbonyl (C=O) groups is 2. The quantitative estimate of drug-likeness (QED) is 0.00864. The molecule has 1 saturated heterocycles. The van der Waals surface area contributed by atoms with Gasteiger partial charge in [-0.25, -0.2) is 0 Å². The SMILES string of the molecule is CCCCCCCCCCCCCCCC(=O)OC[C@H](CO[P+](=O)O[C@@H]1[C@H](OCc2ccccc2)[C@H](OCc2ccccc2)[C@@H](OCc2ccccc2)[C@H](OCc2ccccc2)[C@H]1O[C@H]1O[C@H](COCc2ccccc2)[C@@H](OCc2ccccc2)[C@H](OCc2ccccc2)[C@H]1N=[N+]=[N-])OC(=O)CCCCCCCCCCCCCCC. The van der Waals surface area contributed by atoms with Gasteiger partial charge in [-0.1, -0.05) is 385 Å². The number of carbonyl (C=O) groups excluding carboxylic acids is 2. The van der Waals surface area contributed by atoms with Gasteiger partial charge in [-0.3, -0.25) is 9.59 Å². The van der Waals surface area contributed by atoms with Crippen LogP contribution in [-0.4, -0.2) is 105 Å². The lowest BCUT2D eigenvalue weighted by Crippen LogP contribution is -2.69. The molecule has 2 aliphatic rings. The number of unbranched alkanes of at least 4 members (excludes halogenated alkanes) is 24. The minimum Gasteiger partial charge on any atom is -0.462 e. The normalized spacial score (nSPS) is 20.4. The Labute approximate surface area is 691 Å². The van der Waals surface area contributed by atoms with Crippen molar-refractivity contribution in [2.45, 2.75) is 313 Å². The predicted octanol–water partition coefficient (Wildman–Crippen LogP) is 23.0. The van der Waals surface area contributed by atoms with Gasteiger partial charge in [0.1, 0.15) is 68.1 Å². The lowest BCUT2D eigenvalue weighted by molar-refractivity contribution is -0.336. The molecule has 19 nitrogen and oxygen atoms in total. The maximum Gasteiger partial charge on any atom is 0.698 e. The smallest absolute Gasteiger partial charge is 0.462 e. The van der Waals surface area contributed by atoms with E-state index in [9.17, 15) is 15.1 Å². The Morgan fingerprint density at radius 3 is 1.05 bits per heavy atom. The van der Waals surface area contributed by atoms with Gasteiger partial charge in [0.05, 0.1) is 52.9 Å². The monoisotopic (exact) mass is 1610 g/mol. The largest absolute Gasteiger partial charge is 0.698 e. The molecule has 628 valence electrons. The maximum atomic E-state index is 15.7. The van der Waals surface area contributed by atoms with Crippen LogP contribution in [-0.2, 0) is 122 Å². The second-order valence-electron chi connectivity index (χ2n) is 30.8. The molecule has 0 radical (unpaired) electrons. The third-order valence-electron chi connectivity index (χ3n) is 21.4. The molecule has 0 aromatic heterocycles. The van der Waals surface area contributed by atoms with E-state index in [1.165, 1.54) is 109 Å². The van der Waals surface area contributed by atoms with E-state index in [0.29, 0.717) is 12.8 Å². The number of nitrogens with zero attached hydrogens (tertiary/aromatic N) is 3. The Kier molecular flexibility index (Phi) is 45.2. The molecule has 7 aromatic carbocycles. The highest BCUT2D eigenvalue weighted by molar-refractivity contribution is 7.33. The predicted molar refractivity (Wildman–Crippen MR) is 453 cm³/mol. The van der Waals surface area contributed by atoms with Crippen molar-refractivity contribution < 1.29 is 75.3 Å². The van der Waals surface area contributed by atoms with Gasteiger partial charge in [0, 0.05) is 22.3 Å². The van der Waals surface area contributed by atoms with Crippen LogP contribution in [0.25, 0.3) is 10.4 Å². The zero-order valence-corrected chi connectivity index (χ0v) is 69.7. The lowest BCUT2D eigenvalue weighted by atomic mass is 9.83. The number of benzene rings is 7. The average molecular weight is 1610 g/mol. The van der Waals surface area contributed by atoms with E-state index in [0.717, 1.165) is 83.9 Å². The van der Waals surface area contributed by atoms with Crippen LogP contribution in [0.2, 0.25) is 0 Å². The molecule has 1 unspecified atom stereocenters. The Hall–Kier alpha value is -7.55. The molecule has 0 bridgehead atoms. The Bertz CT molecular complexity index is 3750. The fraction of sp³-hybridized carbons (Fsp3) is 0.542. The van der Waals surface area contributed by atoms with Gasteiger partial charge in [-0.05, 0) is 57.3 Å². The molecule has 13 atom stereocenters. The highest BCUT2D eigenvalue weighted by Crippen LogP contribution is 2.43. The molecule has 1 aliphatic heterocycles. The molecule has 2 fully saturated rings. The number of ether oxygens (including phenoxy) is 11. The molecule has 1 heterocycles. The summed E-state index contributed by atoms with van der Waals surface area (Å²) >= 11 is 0. The summed E-state index contributed by atoms with van der Waals surface area (Å²) in [6.07, 6.45) is 17.0. The molecule has 0 N–H and O–H groups in total. The zero-order chi connectivity index (χ0) is 80.9. The summed E-state index contributed by atoms with van der Waals surface area (Å²) in [6, 6.07) is 66.5. The van der Waals surface area contributed by atoms with Crippen LogP contribution in [0.3, 0.4) is 0 Å². The number of azide groups is 1. The number of hydrogen-bond donors (Lipinski definition) is 0. The summed E-state index contributed by atoms with van der Waals surface area (Å²) in [7, 11) is -3.30. The van der Waals surface area contributed by atoms with Gasteiger partial charge in [-0.2, -0.15) is 0 Å². The first kappa shape index (κ1) is 92.3. The van der Waals surface area contributed by atoms with E-state index in [4.69, 9.17) is 61.2 Å². The summed E-state index contributed by atoms with van der Waals surface area (Å²) in [5.74, 6) is -0.932. The van der Waals surface area contributed by atoms with Crippen LogP contribution in [0, 0.1) is 0 Å². The van der Waals surface area contributed by atoms with Gasteiger partial charge in [0.2, 0.25) is 0 Å². The molecule has 0 spiro atoms. The van der Waals surface area contributed by atoms with Crippen molar-refractivity contribution in [2.75, 3.05) is 19.8 Å². The first-order chi connectivity index (χ1) is 57.2. The summed E-state index contributed by atoms with van der Waals surface area (Å²) in [5.41, 5.74) is 16.8. The van der Waals surface area contributed by atoms with E-state index in [1.54, 1.807) is 0 Å². The van der Waals surface area contributed by atoms with E-state index >= 15 is 4.57 Å². The van der Waals surface area contributed by atoms with Crippen LogP contribution in [0.15, 0.2) is 217 Å². The topological polar surface area (TPSA) is 220 Å². The zero-order valence-electron chi connectivity index (χ0n) is 68.8. The number of hydrogen-bond acceptors (Lipinski definition) is 17. The Morgan fingerprint density at radius 2 is 0.690 bits per heavy atom. The van der Waals surface area contributed by atoms with Crippen LogP contribution >= 0.6 is 8.25 Å². The molecule has 20 heteroatoms. The number of esters is 2. The second kappa shape index (κ2) is 56.8. The van der Waals surface area contributed by atoms with Crippen LogP contribution in [0.5, 0.6) is 0 Å². The third-order valence-corrected chi connectivity index (χ3v) is 22.2. The van der Waals surface area contributed by atoms with Crippen molar-refractivity contribution in [3.8, 4) is 0 Å². The van der Waals surface area contributed by atoms with Gasteiger partial charge < -0.3 is 52.1 Å². The minimum absolute atomic E-state index is 0.00321. The standard InChI is InChI=1S/C96H129N3O16P/c1-3-5-7-9-11-13-15-17-19-21-23-25-48-64-85(100)104-73-83(112-86(101)65-49-26-24-22-20-18-16-14-12-10-8-6-4-2)74-111-116(102)115-95-93(110-72-82-62-46-33-47-63-82)91(108-70-80-58-42-31-43-59-80)90(107-69-79-56-40-30-41-57-79)92(109-71-81-60-44-32-45-61-81)94(95)114-96-87(98-99-97)89(106-68-78-54-38-29-39-55-78)88(105-67-77-52-36-28-37-53-77)84(113-96)75-103-66-76-50-34-27-35-51-76/h27-47,50-63,83-84,87-96H,3-26,48-49,64-75H2,1-2H3/q+1/t83-,84-,87-,88-,89-,90-,91-,92+,93-,94-,95-,96-/m1/s1. The van der Waals surface area contributed by atoms with Gasteiger partial charge >= 0.3 is 20.2 Å². The fourth-order valence-corrected chi connectivity index (χ4v) is 15.7. The Morgan fingerprint density at radius 1 is 0.379 bits per heavy atom. The Balaban J connectivity index is 1.05. The number of rotatable bonds is 61. The van der Waals surface area contributed by atoms with E-state index in [1.807, 2.05) is 212 Å². The molecular formula is C96H129N3O16P+. The summed E-state index contributed by atoms with van der Waals surface area (Å²) < 4.78 is 106. The first-order valence-corrected chi connectivity index (χ1v) is 44.4. The first-order valence-electron chi connectivity index (χ1n) is 43.3. The van der Waals surface area contributed by atoms with Crippen LogP contribution in [0.1, 0.15) is 233 Å². The highest BCUT2D eigenvalue weighted by Gasteiger charge is 2.60. The molecule has 7 aromatic rings. The second-order valence-corrected chi connectivity index (χ2v) is 31.7. The van der Waals surface area contributed by atoms with Gasteiger partial charge in [0.15, 0.2) is 18.5 Å². The summed E-state index contributed by atoms with van der Waals surface area (Å²) in [4.78, 5) is 31.2. The van der Waals surface area contributed by atoms with Crippen molar-refractivity contribution >= 4 is 20.2 Å². The minimum atomic E-state index is -3.30. The molecule has 1 saturated carbocycles. The van der Waals surface area contributed by atoms with Crippen LogP contribution < -0.4 is 0 Å². The molecule has 9 rings (SSSR count). The molecule has 116 heavy (non-hydrogen) atoms. The van der Waals surface area contributed by atoms with Crippen molar-refractivity contribution in [2.24, 2.45) is 5.11 Å². The van der Waals surface area contributed by atoms with Crippen molar-refractivity contribution in [3.63, 3.8) is 0 Å². The van der Waals surface area contributed by atoms with Crippen molar-refractivity contribution in [1.29, 1.82) is 0 Å². The molecule has 0 amide bonds. The van der Waals surface area contributed by atoms with E-state index in [2.05, 4.69) is 23.9 Å². The van der Waals surface area contributed by atoms with Crippen molar-refractivity contribution in [3.05, 3.63) is 262 Å². The van der Waals surface area contributed by atoms with Gasteiger partial charge in [0.25, 0.3) is 0 Å². The summed E-state index contributed by atoms with van der Waals surface area (Å²) in [5, 5.41) is 4.52. The summed E-state index contributed by atoms with van der Waals surface area (Å²) in [6.45, 7) is 4.09. The van der Waals surface area contributed by atoms with Gasteiger partial charge in [-0.15, -0.1) is 9.05 Å². The van der Waals surface area contributed by atoms with Crippen molar-refractivity contribution in [1.82, 2.24) is 0 Å². The highest BCUT2D eigenvalue weighted by atomic mass is 31.1. The van der Waals surface area contributed by atoms with E-state index in [-0.39, 0.29) is 72.3 Å². The fourth-order valence-electron chi connectivity index (χ4n) is 15.0. The maximum absolute atomic E-state index is 15.7. The molecule has 1 aliphatic carbocycles. The lowest BCUT2D eigenvalue weighted by Gasteiger charge is -2.50. The van der Waals surface area contributed by atoms with E-state index < -0.39 is 100 Å². The molecular weight excluding hydrogens is 1480 g/mol.